The maximum atomic E-state index is 5.61. The van der Waals surface area contributed by atoms with Gasteiger partial charge >= 0.3 is 0 Å². The number of rotatable bonds is 3. The molecule has 7 heteroatoms. The minimum atomic E-state index is 0.553. The van der Waals surface area contributed by atoms with Gasteiger partial charge < -0.3 is 9.47 Å². The summed E-state index contributed by atoms with van der Waals surface area (Å²) in [7, 11) is 0. The zero-order chi connectivity index (χ0) is 14.8. The summed E-state index contributed by atoms with van der Waals surface area (Å²) in [5.74, 6) is 1.47. The highest BCUT2D eigenvalue weighted by atomic mass is 32.2. The Balaban J connectivity index is 1.67. The van der Waals surface area contributed by atoms with Gasteiger partial charge in [-0.25, -0.2) is 0 Å². The van der Waals surface area contributed by atoms with Gasteiger partial charge in [-0.15, -0.1) is 5.10 Å². The van der Waals surface area contributed by atoms with Gasteiger partial charge in [-0.2, -0.15) is 4.68 Å². The van der Waals surface area contributed by atoms with E-state index in [0.717, 1.165) is 22.1 Å². The van der Waals surface area contributed by atoms with E-state index >= 15 is 0 Å². The van der Waals surface area contributed by atoms with Crippen molar-refractivity contribution in [2.24, 2.45) is 0 Å². The molecule has 0 spiro atoms. The topological polar surface area (TPSA) is 62.1 Å². The Hall–Kier alpha value is -2.54. The maximum absolute atomic E-state index is 5.61. The number of nitrogens with zero attached hydrogens (tertiary/aromatic N) is 4. The van der Waals surface area contributed by atoms with Crippen LogP contribution in [0.4, 0.5) is 0 Å². The number of hydrogen-bond donors (Lipinski definition) is 0. The van der Waals surface area contributed by atoms with Crippen LogP contribution in [-0.4, -0.2) is 33.4 Å². The van der Waals surface area contributed by atoms with Gasteiger partial charge in [0.2, 0.25) is 5.16 Å². The number of tetrazole rings is 1. The van der Waals surface area contributed by atoms with Crippen molar-refractivity contribution >= 4 is 11.8 Å². The molecule has 2 heterocycles. The van der Waals surface area contributed by atoms with Gasteiger partial charge in [0, 0.05) is 11.0 Å². The van der Waals surface area contributed by atoms with Gasteiger partial charge in [0.25, 0.3) is 0 Å². The summed E-state index contributed by atoms with van der Waals surface area (Å²) in [6, 6.07) is 15.7. The van der Waals surface area contributed by atoms with E-state index in [9.17, 15) is 0 Å². The summed E-state index contributed by atoms with van der Waals surface area (Å²) in [5.41, 5.74) is 0.840. The maximum Gasteiger partial charge on any atom is 0.218 e. The van der Waals surface area contributed by atoms with Gasteiger partial charge in [-0.1, -0.05) is 18.2 Å². The van der Waals surface area contributed by atoms with Gasteiger partial charge in [-0.3, -0.25) is 0 Å². The van der Waals surface area contributed by atoms with Crippen molar-refractivity contribution in [2.45, 2.75) is 10.1 Å². The van der Waals surface area contributed by atoms with Gasteiger partial charge in [0.05, 0.1) is 5.69 Å². The first-order valence-corrected chi connectivity index (χ1v) is 7.63. The normalized spacial score (nSPS) is 13.1. The Morgan fingerprint density at radius 1 is 0.955 bits per heavy atom. The standard InChI is InChI=1S/C15H12N4O2S/c1-2-4-12(5-3-1)22-15-16-17-18-19(15)11-6-7-13-14(10-11)21-9-8-20-13/h1-7,10H,8-9H2. The lowest BCUT2D eigenvalue weighted by atomic mass is 10.2. The summed E-state index contributed by atoms with van der Waals surface area (Å²) < 4.78 is 12.8. The second-order valence-corrected chi connectivity index (χ2v) is 5.66. The SMILES string of the molecule is c1ccc(Sc2nnnn2-c2ccc3c(c2)OCCO3)cc1. The number of ether oxygens (including phenoxy) is 2. The number of hydrogen-bond acceptors (Lipinski definition) is 6. The van der Waals surface area contributed by atoms with Gasteiger partial charge in [-0.05, 0) is 46.5 Å². The highest BCUT2D eigenvalue weighted by Gasteiger charge is 2.15. The van der Waals surface area contributed by atoms with Crippen LogP contribution in [0.1, 0.15) is 0 Å². The van der Waals surface area contributed by atoms with Crippen LogP contribution in [0.2, 0.25) is 0 Å². The molecular weight excluding hydrogens is 300 g/mol. The molecule has 0 aliphatic carbocycles. The first kappa shape index (κ1) is 13.1. The third-order valence-corrected chi connectivity index (χ3v) is 4.11. The van der Waals surface area contributed by atoms with Crippen LogP contribution < -0.4 is 9.47 Å². The molecule has 0 unspecified atom stereocenters. The zero-order valence-electron chi connectivity index (χ0n) is 11.5. The number of aromatic nitrogens is 4. The predicted octanol–water partition coefficient (Wildman–Crippen LogP) is 2.58. The van der Waals surface area contributed by atoms with Crippen LogP contribution in [0.5, 0.6) is 11.5 Å². The van der Waals surface area contributed by atoms with E-state index in [-0.39, 0.29) is 0 Å². The fraction of sp³-hybridized carbons (Fsp3) is 0.133. The average molecular weight is 312 g/mol. The average Bonchev–Trinajstić information content (AvgIpc) is 3.03. The molecule has 0 bridgehead atoms. The Morgan fingerprint density at radius 3 is 2.64 bits per heavy atom. The molecule has 0 amide bonds. The van der Waals surface area contributed by atoms with Crippen molar-refractivity contribution in [2.75, 3.05) is 13.2 Å². The molecule has 3 aromatic rings. The van der Waals surface area contributed by atoms with Crippen molar-refractivity contribution < 1.29 is 9.47 Å². The van der Waals surface area contributed by atoms with Crippen molar-refractivity contribution in [1.82, 2.24) is 20.2 Å². The molecule has 0 saturated heterocycles. The monoisotopic (exact) mass is 312 g/mol. The third-order valence-electron chi connectivity index (χ3n) is 3.16. The molecule has 1 aliphatic heterocycles. The summed E-state index contributed by atoms with van der Waals surface area (Å²) in [6.45, 7) is 1.13. The van der Waals surface area contributed by atoms with Gasteiger partial charge in [0.15, 0.2) is 11.5 Å². The Bertz CT molecular complexity index is 791. The highest BCUT2D eigenvalue weighted by molar-refractivity contribution is 7.99. The van der Waals surface area contributed by atoms with Crippen LogP contribution in [-0.2, 0) is 0 Å². The second-order valence-electron chi connectivity index (χ2n) is 4.62. The van der Waals surface area contributed by atoms with E-state index in [2.05, 4.69) is 15.5 Å². The van der Waals surface area contributed by atoms with E-state index < -0.39 is 0 Å². The molecule has 2 aromatic carbocycles. The predicted molar refractivity (Wildman–Crippen MR) is 80.7 cm³/mol. The fourth-order valence-electron chi connectivity index (χ4n) is 2.16. The van der Waals surface area contributed by atoms with Crippen LogP contribution in [0.15, 0.2) is 58.6 Å². The minimum Gasteiger partial charge on any atom is -0.486 e. The zero-order valence-corrected chi connectivity index (χ0v) is 12.4. The molecule has 1 aromatic heterocycles. The van der Waals surface area contributed by atoms with Gasteiger partial charge in [0.1, 0.15) is 13.2 Å². The summed E-state index contributed by atoms with van der Waals surface area (Å²) >= 11 is 1.51. The van der Waals surface area contributed by atoms with Crippen LogP contribution >= 0.6 is 11.8 Å². The molecule has 0 radical (unpaired) electrons. The largest absolute Gasteiger partial charge is 0.486 e. The molecule has 0 fully saturated rings. The van der Waals surface area contributed by atoms with E-state index in [1.165, 1.54) is 11.8 Å². The molecule has 22 heavy (non-hydrogen) atoms. The lowest BCUT2D eigenvalue weighted by Crippen LogP contribution is -2.15. The fourth-order valence-corrected chi connectivity index (χ4v) is 2.97. The molecule has 4 rings (SSSR count). The molecule has 0 atom stereocenters. The Kier molecular flexibility index (Phi) is 3.40. The Morgan fingerprint density at radius 2 is 1.77 bits per heavy atom. The molecular formula is C15H12N4O2S. The molecule has 0 N–H and O–H groups in total. The molecule has 110 valence electrons. The van der Waals surface area contributed by atoms with E-state index in [0.29, 0.717) is 18.4 Å². The lowest BCUT2D eigenvalue weighted by Gasteiger charge is -2.18. The summed E-state index contributed by atoms with van der Waals surface area (Å²) in [4.78, 5) is 1.08. The smallest absolute Gasteiger partial charge is 0.218 e. The van der Waals surface area contributed by atoms with Crippen molar-refractivity contribution in [3.8, 4) is 17.2 Å². The van der Waals surface area contributed by atoms with Crippen LogP contribution in [0, 0.1) is 0 Å². The highest BCUT2D eigenvalue weighted by Crippen LogP contribution is 2.33. The molecule has 6 nitrogen and oxygen atoms in total. The minimum absolute atomic E-state index is 0.553. The summed E-state index contributed by atoms with van der Waals surface area (Å²) in [5, 5.41) is 12.6. The first-order chi connectivity index (χ1) is 10.9. The number of benzene rings is 2. The van der Waals surface area contributed by atoms with E-state index in [1.807, 2.05) is 48.5 Å². The Labute approximate surface area is 131 Å². The van der Waals surface area contributed by atoms with Crippen molar-refractivity contribution in [1.29, 1.82) is 0 Å². The molecule has 1 aliphatic rings. The second kappa shape index (κ2) is 5.69. The first-order valence-electron chi connectivity index (χ1n) is 6.81. The third kappa shape index (κ3) is 2.50. The van der Waals surface area contributed by atoms with Crippen LogP contribution in [0.3, 0.4) is 0 Å². The summed E-state index contributed by atoms with van der Waals surface area (Å²) in [6.07, 6.45) is 0. The van der Waals surface area contributed by atoms with Crippen molar-refractivity contribution in [3.63, 3.8) is 0 Å². The van der Waals surface area contributed by atoms with Crippen LogP contribution in [0.25, 0.3) is 5.69 Å². The number of fused-ring (bicyclic) bond motifs is 1. The molecule has 0 saturated carbocycles. The quantitative estimate of drug-likeness (QED) is 0.741. The lowest BCUT2D eigenvalue weighted by molar-refractivity contribution is 0.171. The van der Waals surface area contributed by atoms with Crippen molar-refractivity contribution in [3.05, 3.63) is 48.5 Å². The van der Waals surface area contributed by atoms with E-state index in [4.69, 9.17) is 9.47 Å². The van der Waals surface area contributed by atoms with E-state index in [1.54, 1.807) is 4.68 Å².